The van der Waals surface area contributed by atoms with E-state index < -0.39 is 11.9 Å². The lowest BCUT2D eigenvalue weighted by Gasteiger charge is -2.44. The predicted octanol–water partition coefficient (Wildman–Crippen LogP) is 3.65. The summed E-state index contributed by atoms with van der Waals surface area (Å²) in [5.41, 5.74) is 2.16. The maximum atomic E-state index is 15.1. The Morgan fingerprint density at radius 3 is 2.53 bits per heavy atom. The third-order valence-electron chi connectivity index (χ3n) is 9.33. The SMILES string of the molecule is COc1nc(Nc2ncc(F)c(-c3ccc(OC4CCN(C(=O)[C@H](C)O)CC4(C)C)c(C)c3)n2)ccc1N1CCN(C2COC2)CC1. The van der Waals surface area contributed by atoms with Crippen LogP contribution in [0.15, 0.2) is 36.5 Å². The molecule has 3 saturated heterocycles. The summed E-state index contributed by atoms with van der Waals surface area (Å²) in [5, 5.41) is 12.8. The number of ether oxygens (including phenoxy) is 3. The highest BCUT2D eigenvalue weighted by atomic mass is 19.1. The van der Waals surface area contributed by atoms with Crippen LogP contribution in [-0.4, -0.2) is 114 Å². The fourth-order valence-electron chi connectivity index (χ4n) is 6.49. The summed E-state index contributed by atoms with van der Waals surface area (Å²) in [4.78, 5) is 32.1. The quantitative estimate of drug-likeness (QED) is 0.353. The number of piperazine rings is 1. The molecule has 0 aliphatic carbocycles. The first kappa shape index (κ1) is 32.9. The summed E-state index contributed by atoms with van der Waals surface area (Å²) in [6.45, 7) is 13.8. The molecule has 47 heavy (non-hydrogen) atoms. The van der Waals surface area contributed by atoms with Crippen molar-refractivity contribution in [3.05, 3.63) is 47.9 Å². The van der Waals surface area contributed by atoms with Crippen LogP contribution in [0.1, 0.15) is 32.8 Å². The number of benzene rings is 1. The highest BCUT2D eigenvalue weighted by Crippen LogP contribution is 2.36. The summed E-state index contributed by atoms with van der Waals surface area (Å²) in [7, 11) is 1.60. The van der Waals surface area contributed by atoms with E-state index in [0.29, 0.717) is 48.6 Å². The number of rotatable bonds is 9. The number of aromatic nitrogens is 3. The molecule has 13 heteroatoms. The Bertz CT molecular complexity index is 1590. The highest BCUT2D eigenvalue weighted by molar-refractivity contribution is 5.80. The molecule has 0 bridgehead atoms. The average Bonchev–Trinajstić information content (AvgIpc) is 3.02. The minimum Gasteiger partial charge on any atom is -0.489 e. The number of hydrogen-bond acceptors (Lipinski definition) is 11. The standard InChI is InChI=1S/C34H44FN7O5/c1-21-16-23(6-8-27(21)47-28-10-11-42(20-34(28,3)4)32(44)22(2)43)30-25(35)17-36-33(39-30)38-29-9-7-26(31(37-29)45-5)41-14-12-40(13-15-41)24-18-46-19-24/h6-9,16-17,22,24,28,43H,10-15,18-20H2,1-5H3,(H,36,37,38,39)/t22-,28?/m0/s1. The van der Waals surface area contributed by atoms with Gasteiger partial charge in [0.05, 0.1) is 32.6 Å². The zero-order valence-electron chi connectivity index (χ0n) is 27.7. The molecule has 3 aromatic rings. The molecule has 3 aliphatic rings. The summed E-state index contributed by atoms with van der Waals surface area (Å²) >= 11 is 0. The number of pyridine rings is 1. The van der Waals surface area contributed by atoms with Crippen molar-refractivity contribution < 1.29 is 28.5 Å². The number of anilines is 3. The maximum Gasteiger partial charge on any atom is 0.251 e. The van der Waals surface area contributed by atoms with Crippen LogP contribution in [-0.2, 0) is 9.53 Å². The van der Waals surface area contributed by atoms with E-state index in [1.54, 1.807) is 18.1 Å². The van der Waals surface area contributed by atoms with E-state index in [9.17, 15) is 9.90 Å². The molecule has 252 valence electrons. The smallest absolute Gasteiger partial charge is 0.251 e. The van der Waals surface area contributed by atoms with Gasteiger partial charge in [-0.3, -0.25) is 9.69 Å². The number of carbonyl (C=O) groups is 1. The summed E-state index contributed by atoms with van der Waals surface area (Å²) in [5.74, 6) is 1.05. The molecular formula is C34H44FN7O5. The molecule has 1 amide bonds. The van der Waals surface area contributed by atoms with E-state index >= 15 is 4.39 Å². The number of aliphatic hydroxyl groups is 1. The Hall–Kier alpha value is -4.07. The minimum absolute atomic E-state index is 0.139. The second-order valence-corrected chi connectivity index (χ2v) is 13.3. The zero-order chi connectivity index (χ0) is 33.3. The Labute approximate surface area is 274 Å². The van der Waals surface area contributed by atoms with E-state index in [-0.39, 0.29) is 29.1 Å². The first-order chi connectivity index (χ1) is 22.5. The monoisotopic (exact) mass is 649 g/mol. The number of aliphatic hydroxyl groups excluding tert-OH is 1. The van der Waals surface area contributed by atoms with E-state index in [4.69, 9.17) is 14.2 Å². The van der Waals surface area contributed by atoms with Crippen LogP contribution in [0.4, 0.5) is 21.8 Å². The number of methoxy groups -OCH3 is 1. The molecule has 2 aromatic heterocycles. The predicted molar refractivity (Wildman–Crippen MR) is 176 cm³/mol. The van der Waals surface area contributed by atoms with Gasteiger partial charge in [-0.05, 0) is 49.7 Å². The Balaban J connectivity index is 1.13. The van der Waals surface area contributed by atoms with Gasteiger partial charge in [0.25, 0.3) is 5.91 Å². The highest BCUT2D eigenvalue weighted by Gasteiger charge is 2.40. The number of piperidine rings is 1. The van der Waals surface area contributed by atoms with Crippen LogP contribution < -0.4 is 19.7 Å². The first-order valence-corrected chi connectivity index (χ1v) is 16.2. The van der Waals surface area contributed by atoms with Crippen LogP contribution >= 0.6 is 0 Å². The van der Waals surface area contributed by atoms with Gasteiger partial charge in [0.1, 0.15) is 35.2 Å². The third-order valence-corrected chi connectivity index (χ3v) is 9.33. The van der Waals surface area contributed by atoms with Crippen molar-refractivity contribution in [1.29, 1.82) is 0 Å². The van der Waals surface area contributed by atoms with E-state index in [2.05, 4.69) is 43.9 Å². The summed E-state index contributed by atoms with van der Waals surface area (Å²) < 4.78 is 32.5. The van der Waals surface area contributed by atoms with Crippen LogP contribution in [0.2, 0.25) is 0 Å². The number of amides is 1. The molecule has 6 rings (SSSR count). The van der Waals surface area contributed by atoms with Gasteiger partial charge >= 0.3 is 0 Å². The van der Waals surface area contributed by atoms with Gasteiger partial charge in [0.15, 0.2) is 5.82 Å². The fraction of sp³-hybridized carbons (Fsp3) is 0.529. The van der Waals surface area contributed by atoms with Crippen molar-refractivity contribution in [2.75, 3.05) is 69.8 Å². The van der Waals surface area contributed by atoms with Crippen molar-refractivity contribution >= 4 is 23.4 Å². The van der Waals surface area contributed by atoms with Gasteiger partial charge in [0, 0.05) is 56.7 Å². The van der Waals surface area contributed by atoms with E-state index in [1.807, 2.05) is 31.2 Å². The Kier molecular flexibility index (Phi) is 9.49. The molecule has 12 nitrogen and oxygen atoms in total. The van der Waals surface area contributed by atoms with Crippen molar-refractivity contribution in [2.45, 2.75) is 52.4 Å². The van der Waals surface area contributed by atoms with Crippen LogP contribution in [0.25, 0.3) is 11.3 Å². The fourth-order valence-corrected chi connectivity index (χ4v) is 6.49. The average molecular weight is 650 g/mol. The molecule has 3 aliphatic heterocycles. The zero-order valence-corrected chi connectivity index (χ0v) is 27.7. The van der Waals surface area contributed by atoms with Crippen LogP contribution in [0.3, 0.4) is 0 Å². The molecule has 3 fully saturated rings. The molecule has 1 aromatic carbocycles. The van der Waals surface area contributed by atoms with Crippen LogP contribution in [0, 0.1) is 18.2 Å². The second-order valence-electron chi connectivity index (χ2n) is 13.3. The van der Waals surface area contributed by atoms with Crippen molar-refractivity contribution in [2.24, 2.45) is 5.41 Å². The number of nitrogens with zero attached hydrogens (tertiary/aromatic N) is 6. The molecule has 0 saturated carbocycles. The minimum atomic E-state index is -1.03. The summed E-state index contributed by atoms with van der Waals surface area (Å²) in [6, 6.07) is 9.80. The van der Waals surface area contributed by atoms with Gasteiger partial charge in [-0.1, -0.05) is 13.8 Å². The molecule has 5 heterocycles. The largest absolute Gasteiger partial charge is 0.489 e. The number of aryl methyl sites for hydroxylation is 1. The topological polar surface area (TPSA) is 125 Å². The van der Waals surface area contributed by atoms with Crippen LogP contribution in [0.5, 0.6) is 11.6 Å². The molecule has 2 N–H and O–H groups in total. The van der Waals surface area contributed by atoms with Gasteiger partial charge < -0.3 is 34.4 Å². The molecule has 2 atom stereocenters. The normalized spacial score (nSPS) is 20.8. The van der Waals surface area contributed by atoms with Gasteiger partial charge in [0.2, 0.25) is 11.8 Å². The summed E-state index contributed by atoms with van der Waals surface area (Å²) in [6.07, 6.45) is 0.613. The lowest BCUT2D eigenvalue weighted by atomic mass is 9.80. The Morgan fingerprint density at radius 2 is 1.89 bits per heavy atom. The maximum absolute atomic E-state index is 15.1. The number of nitrogens with one attached hydrogen (secondary N) is 1. The second kappa shape index (κ2) is 13.6. The lowest BCUT2D eigenvalue weighted by Crippen LogP contribution is -2.56. The molecule has 1 unspecified atom stereocenters. The Morgan fingerprint density at radius 1 is 1.13 bits per heavy atom. The lowest BCUT2D eigenvalue weighted by molar-refractivity contribution is -0.145. The third kappa shape index (κ3) is 7.12. The van der Waals surface area contributed by atoms with Gasteiger partial charge in [-0.2, -0.15) is 4.98 Å². The number of carbonyl (C=O) groups excluding carboxylic acids is 1. The van der Waals surface area contributed by atoms with Crippen molar-refractivity contribution in [3.63, 3.8) is 0 Å². The number of halogens is 1. The van der Waals surface area contributed by atoms with Gasteiger partial charge in [-0.25, -0.2) is 14.4 Å². The van der Waals surface area contributed by atoms with E-state index in [0.717, 1.165) is 56.8 Å². The molecule has 0 radical (unpaired) electrons. The van der Waals surface area contributed by atoms with Crippen molar-refractivity contribution in [3.8, 4) is 22.9 Å². The first-order valence-electron chi connectivity index (χ1n) is 16.2. The number of hydrogen-bond donors (Lipinski definition) is 2. The molecular weight excluding hydrogens is 605 g/mol. The van der Waals surface area contributed by atoms with E-state index in [1.165, 1.54) is 6.92 Å². The number of likely N-dealkylation sites (tertiary alicyclic amines) is 1. The van der Waals surface area contributed by atoms with Crippen molar-refractivity contribution in [1.82, 2.24) is 24.8 Å². The molecule has 0 spiro atoms. The van der Waals surface area contributed by atoms with Gasteiger partial charge in [-0.15, -0.1) is 0 Å².